The van der Waals surface area contributed by atoms with Gasteiger partial charge in [0, 0.05) is 43.0 Å². The number of aliphatic hydroxyl groups excluding tert-OH is 1. The van der Waals surface area contributed by atoms with E-state index in [1.54, 1.807) is 23.3 Å². The van der Waals surface area contributed by atoms with Crippen LogP contribution < -0.4 is 25.8 Å². The van der Waals surface area contributed by atoms with Gasteiger partial charge in [0.05, 0.1) is 32.7 Å². The highest BCUT2D eigenvalue weighted by Crippen LogP contribution is 2.29. The first-order valence-corrected chi connectivity index (χ1v) is 19.9. The Morgan fingerprint density at radius 2 is 1.52 bits per heavy atom. The Kier molecular flexibility index (Phi) is 13.6. The number of aromatic nitrogens is 8. The Labute approximate surface area is 339 Å². The molecule has 58 heavy (non-hydrogen) atoms. The van der Waals surface area contributed by atoms with Gasteiger partial charge in [-0.3, -0.25) is 4.79 Å². The van der Waals surface area contributed by atoms with E-state index in [9.17, 15) is 9.90 Å². The number of methoxy groups -OCH3 is 2. The van der Waals surface area contributed by atoms with Crippen molar-refractivity contribution in [3.63, 3.8) is 0 Å². The summed E-state index contributed by atoms with van der Waals surface area (Å²) in [6.07, 6.45) is 13.2. The molecule has 1 saturated heterocycles. The molecule has 1 atom stereocenters. The van der Waals surface area contributed by atoms with Crippen LogP contribution in [0.25, 0.3) is 11.3 Å². The van der Waals surface area contributed by atoms with E-state index < -0.39 is 6.10 Å². The predicted octanol–water partition coefficient (Wildman–Crippen LogP) is 5.94. The number of benzene rings is 1. The van der Waals surface area contributed by atoms with Crippen molar-refractivity contribution < 1.29 is 19.4 Å². The van der Waals surface area contributed by atoms with Gasteiger partial charge < -0.3 is 35.8 Å². The van der Waals surface area contributed by atoms with Crippen molar-refractivity contribution in [2.24, 2.45) is 5.92 Å². The van der Waals surface area contributed by atoms with Gasteiger partial charge in [-0.15, -0.1) is 0 Å². The summed E-state index contributed by atoms with van der Waals surface area (Å²) in [6.45, 7) is 14.6. The van der Waals surface area contributed by atoms with E-state index in [1.165, 1.54) is 11.6 Å². The second-order valence-electron chi connectivity index (χ2n) is 15.3. The molecule has 5 heterocycles. The number of anilines is 3. The lowest BCUT2D eigenvalue weighted by Crippen LogP contribution is -2.40. The van der Waals surface area contributed by atoms with Crippen LogP contribution in [-0.4, -0.2) is 95.0 Å². The zero-order chi connectivity index (χ0) is 41.3. The Balaban J connectivity index is 0.000000213. The highest BCUT2D eigenvalue weighted by molar-refractivity contribution is 5.87. The molecule has 0 radical (unpaired) electrons. The molecule has 4 aromatic heterocycles. The van der Waals surface area contributed by atoms with E-state index in [4.69, 9.17) is 15.2 Å². The van der Waals surface area contributed by atoms with Crippen molar-refractivity contribution in [1.82, 2.24) is 44.1 Å². The van der Waals surface area contributed by atoms with Gasteiger partial charge in [0.1, 0.15) is 0 Å². The monoisotopic (exact) mass is 792 g/mol. The number of aliphatic hydroxyl groups is 1. The second kappa shape index (κ2) is 18.9. The zero-order valence-corrected chi connectivity index (χ0v) is 34.4. The summed E-state index contributed by atoms with van der Waals surface area (Å²) in [5.74, 6) is 1.96. The SMILES string of the molecule is C=CC(=O)N1CCC(C(O)CC2=CCCC(CNc3nc(OC)nc4c(C(C)C)cnn34)=C2)CC1.COc1nc(NCc2cccc(N)c2)n2ncc(C(C)C)c2n1. The number of fused-ring (bicyclic) bond motifs is 2. The molecule has 16 heteroatoms. The lowest BCUT2D eigenvalue weighted by molar-refractivity contribution is -0.127. The van der Waals surface area contributed by atoms with E-state index in [1.807, 2.05) is 41.6 Å². The van der Waals surface area contributed by atoms with Crippen LogP contribution in [0.15, 0.2) is 72.6 Å². The van der Waals surface area contributed by atoms with Gasteiger partial charge in [-0.25, -0.2) is 0 Å². The standard InChI is InChI=1S/C26H36N6O3.C16H20N6O/c1-5-23(34)31-11-9-20(10-12-31)22(33)14-18-7-6-8-19(13-18)15-27-25-30-26(35-4)29-24-21(17(2)3)16-28-32(24)25;1-10(2)13-9-19-22-14(13)20-16(23-3)21-15(22)18-8-11-5-4-6-12(17)7-11/h5,7,13,16-17,20,22,33H,1,6,8-12,14-15H2,2-4H3,(H,27,29,30);4-7,9-10H,8,17H2,1-3H3,(H,18,20,21). The van der Waals surface area contributed by atoms with Crippen LogP contribution in [0.3, 0.4) is 0 Å². The first kappa shape index (κ1) is 41.6. The number of rotatable bonds is 14. The van der Waals surface area contributed by atoms with Crippen molar-refractivity contribution in [3.05, 3.63) is 89.3 Å². The Bertz CT molecular complexity index is 2270. The molecule has 1 fully saturated rings. The van der Waals surface area contributed by atoms with E-state index in [2.05, 4.69) is 87.2 Å². The number of nitrogens with zero attached hydrogens (tertiary/aromatic N) is 9. The summed E-state index contributed by atoms with van der Waals surface area (Å²) < 4.78 is 14.0. The first-order valence-electron chi connectivity index (χ1n) is 19.9. The molecule has 0 saturated carbocycles. The van der Waals surface area contributed by atoms with Crippen molar-refractivity contribution in [2.75, 3.05) is 50.2 Å². The minimum Gasteiger partial charge on any atom is -0.467 e. The van der Waals surface area contributed by atoms with Gasteiger partial charge in [0.15, 0.2) is 11.3 Å². The summed E-state index contributed by atoms with van der Waals surface area (Å²) in [6, 6.07) is 8.33. The van der Waals surface area contributed by atoms with Gasteiger partial charge >= 0.3 is 12.0 Å². The van der Waals surface area contributed by atoms with Crippen LogP contribution in [0.5, 0.6) is 12.0 Å². The first-order chi connectivity index (χ1) is 28.0. The molecular formula is C42H56N12O4. The van der Waals surface area contributed by atoms with Crippen LogP contribution in [-0.2, 0) is 11.3 Å². The summed E-state index contributed by atoms with van der Waals surface area (Å²) in [7, 11) is 3.12. The number of likely N-dealkylation sites (tertiary alicyclic amines) is 1. The maximum absolute atomic E-state index is 11.8. The highest BCUT2D eigenvalue weighted by atomic mass is 16.5. The van der Waals surface area contributed by atoms with Gasteiger partial charge in [0.25, 0.3) is 0 Å². The molecule has 0 bridgehead atoms. The highest BCUT2D eigenvalue weighted by Gasteiger charge is 2.27. The fraction of sp³-hybridized carbons (Fsp3) is 0.452. The molecule has 16 nitrogen and oxygen atoms in total. The Morgan fingerprint density at radius 1 is 0.931 bits per heavy atom. The topological polar surface area (TPSA) is 195 Å². The summed E-state index contributed by atoms with van der Waals surface area (Å²) >= 11 is 0. The average molecular weight is 793 g/mol. The van der Waals surface area contributed by atoms with Crippen LogP contribution in [0.4, 0.5) is 17.6 Å². The van der Waals surface area contributed by atoms with Crippen LogP contribution in [0, 0.1) is 5.92 Å². The third kappa shape index (κ3) is 9.91. The molecule has 308 valence electrons. The number of carbonyl (C=O) groups is 1. The molecule has 1 aliphatic carbocycles. The molecule has 0 spiro atoms. The van der Waals surface area contributed by atoms with Crippen molar-refractivity contribution >= 4 is 34.8 Å². The number of nitrogen functional groups attached to an aromatic ring is 1. The number of carbonyl (C=O) groups excluding carboxylic acids is 1. The Morgan fingerprint density at radius 3 is 2.05 bits per heavy atom. The number of nitrogens with one attached hydrogen (secondary N) is 2. The fourth-order valence-electron chi connectivity index (χ4n) is 7.21. The largest absolute Gasteiger partial charge is 0.467 e. The van der Waals surface area contributed by atoms with Gasteiger partial charge in [-0.2, -0.15) is 39.2 Å². The summed E-state index contributed by atoms with van der Waals surface area (Å²) in [5, 5.41) is 26.4. The molecule has 1 unspecified atom stereocenters. The molecule has 5 N–H and O–H groups in total. The summed E-state index contributed by atoms with van der Waals surface area (Å²) in [4.78, 5) is 31.3. The smallest absolute Gasteiger partial charge is 0.321 e. The number of piperidine rings is 1. The lowest BCUT2D eigenvalue weighted by atomic mass is 9.86. The van der Waals surface area contributed by atoms with Crippen molar-refractivity contribution in [2.45, 2.75) is 84.3 Å². The molecule has 2 aliphatic rings. The number of hydrogen-bond acceptors (Lipinski definition) is 13. The minimum absolute atomic E-state index is 0.0258. The number of amides is 1. The number of nitrogens with two attached hydrogens (primary N) is 1. The third-order valence-corrected chi connectivity index (χ3v) is 10.5. The molecule has 1 aromatic carbocycles. The zero-order valence-electron chi connectivity index (χ0n) is 34.4. The summed E-state index contributed by atoms with van der Waals surface area (Å²) in [5.41, 5.74) is 13.6. The predicted molar refractivity (Wildman–Crippen MR) is 225 cm³/mol. The maximum Gasteiger partial charge on any atom is 0.321 e. The van der Waals surface area contributed by atoms with Crippen LogP contribution in [0.2, 0.25) is 0 Å². The quantitative estimate of drug-likeness (QED) is 0.0763. The van der Waals surface area contributed by atoms with Gasteiger partial charge in [-0.05, 0) is 79.2 Å². The van der Waals surface area contributed by atoms with E-state index >= 15 is 0 Å². The second-order valence-corrected chi connectivity index (χ2v) is 15.3. The number of hydrogen-bond donors (Lipinski definition) is 4. The average Bonchev–Trinajstić information content (AvgIpc) is 3.87. The van der Waals surface area contributed by atoms with Crippen molar-refractivity contribution in [3.8, 4) is 12.0 Å². The number of allylic oxidation sites excluding steroid dienone is 2. The lowest BCUT2D eigenvalue weighted by Gasteiger charge is -2.34. The molecule has 1 amide bonds. The van der Waals surface area contributed by atoms with E-state index in [-0.39, 0.29) is 17.7 Å². The van der Waals surface area contributed by atoms with Gasteiger partial charge in [-0.1, -0.05) is 64.1 Å². The fourth-order valence-corrected chi connectivity index (χ4v) is 7.21. The normalized spacial score (nSPS) is 15.2. The van der Waals surface area contributed by atoms with Crippen LogP contribution in [0.1, 0.15) is 88.3 Å². The van der Waals surface area contributed by atoms with Crippen LogP contribution >= 0.6 is 0 Å². The van der Waals surface area contributed by atoms with E-state index in [0.29, 0.717) is 62.4 Å². The van der Waals surface area contributed by atoms with Gasteiger partial charge in [0.2, 0.25) is 17.8 Å². The molecule has 5 aromatic rings. The van der Waals surface area contributed by atoms with Crippen molar-refractivity contribution in [1.29, 1.82) is 0 Å². The number of ether oxygens (including phenoxy) is 2. The minimum atomic E-state index is -0.407. The third-order valence-electron chi connectivity index (χ3n) is 10.5. The molecule has 7 rings (SSSR count). The molecular weight excluding hydrogens is 737 g/mol. The van der Waals surface area contributed by atoms with E-state index in [0.717, 1.165) is 64.9 Å². The maximum atomic E-state index is 11.8. The molecule has 1 aliphatic heterocycles. The Hall–Kier alpha value is -6.03.